The van der Waals surface area contributed by atoms with Crippen molar-refractivity contribution in [2.45, 2.75) is 52.3 Å². The first-order valence-electron chi connectivity index (χ1n) is 16.2. The molecule has 4 amide bonds. The fraction of sp³-hybridized carbons (Fsp3) is 0.237. The van der Waals surface area contributed by atoms with Crippen molar-refractivity contribution in [3.05, 3.63) is 126 Å². The van der Waals surface area contributed by atoms with Crippen LogP contribution in [0.25, 0.3) is 0 Å². The molecule has 0 fully saturated rings. The lowest BCUT2D eigenvalue weighted by atomic mass is 10.1. The Hall–Kier alpha value is -6.02. The SMILES string of the molecule is C=C(/N=C\C(=C/C)NC(=O)c1cc(NC(=O)c2cccc(C(F)(F)F)c2)ccc1C)Nc1cccc(NC(=O)C(CCCCN)NC=O)c1.C=CC. The van der Waals surface area contributed by atoms with Crippen LogP contribution in [0, 0.1) is 6.92 Å². The molecule has 7 N–H and O–H groups in total. The molecule has 3 rings (SSSR count). The van der Waals surface area contributed by atoms with Crippen LogP contribution in [0.1, 0.15) is 65.0 Å². The number of alkyl halides is 3. The molecule has 0 bridgehead atoms. The van der Waals surface area contributed by atoms with Crippen LogP contribution < -0.4 is 32.3 Å². The van der Waals surface area contributed by atoms with E-state index >= 15 is 0 Å². The number of allylic oxidation sites excluding steroid dienone is 3. The van der Waals surface area contributed by atoms with Crippen LogP contribution in [0.15, 0.2) is 109 Å². The zero-order chi connectivity index (χ0) is 38.7. The molecule has 3 aromatic rings. The van der Waals surface area contributed by atoms with E-state index in [0.717, 1.165) is 24.6 Å². The largest absolute Gasteiger partial charge is 0.416 e. The van der Waals surface area contributed by atoms with Gasteiger partial charge in [-0.3, -0.25) is 19.2 Å². The van der Waals surface area contributed by atoms with Crippen molar-refractivity contribution in [3.8, 4) is 0 Å². The fourth-order valence-corrected chi connectivity index (χ4v) is 4.48. The predicted molar refractivity (Wildman–Crippen MR) is 200 cm³/mol. The summed E-state index contributed by atoms with van der Waals surface area (Å²) in [6.07, 6.45) is 2.48. The van der Waals surface area contributed by atoms with Crippen molar-refractivity contribution < 1.29 is 32.3 Å². The molecule has 1 unspecified atom stereocenters. The van der Waals surface area contributed by atoms with E-state index in [0.29, 0.717) is 48.4 Å². The molecule has 0 saturated carbocycles. The number of unbranched alkanes of at least 4 members (excludes halogenated alkanes) is 1. The molecule has 11 nitrogen and oxygen atoms in total. The third-order valence-corrected chi connectivity index (χ3v) is 7.07. The van der Waals surface area contributed by atoms with Crippen LogP contribution in [0.4, 0.5) is 30.2 Å². The number of nitrogens with two attached hydrogens (primary N) is 1. The highest BCUT2D eigenvalue weighted by atomic mass is 19.4. The van der Waals surface area contributed by atoms with Crippen LogP contribution in [0.3, 0.4) is 0 Å². The normalized spacial score (nSPS) is 11.7. The van der Waals surface area contributed by atoms with Gasteiger partial charge in [-0.25, -0.2) is 4.99 Å². The summed E-state index contributed by atoms with van der Waals surface area (Å²) in [6, 6.07) is 14.7. The monoisotopic (exact) mass is 719 g/mol. The molecular formula is C38H44F3N7O4. The first kappa shape index (κ1) is 42.1. The van der Waals surface area contributed by atoms with Gasteiger partial charge in [0.1, 0.15) is 11.9 Å². The van der Waals surface area contributed by atoms with Crippen LogP contribution in [0.5, 0.6) is 0 Å². The molecule has 0 aliphatic rings. The summed E-state index contributed by atoms with van der Waals surface area (Å²) < 4.78 is 39.3. The van der Waals surface area contributed by atoms with E-state index in [1.165, 1.54) is 24.4 Å². The van der Waals surface area contributed by atoms with E-state index in [1.54, 1.807) is 56.3 Å². The molecule has 0 aromatic heterocycles. The van der Waals surface area contributed by atoms with E-state index in [2.05, 4.69) is 44.7 Å². The third kappa shape index (κ3) is 14.1. The summed E-state index contributed by atoms with van der Waals surface area (Å²) in [6.45, 7) is 13.0. The Bertz CT molecular complexity index is 1790. The summed E-state index contributed by atoms with van der Waals surface area (Å²) in [7, 11) is 0. The van der Waals surface area contributed by atoms with E-state index in [-0.39, 0.29) is 28.5 Å². The van der Waals surface area contributed by atoms with Gasteiger partial charge in [-0.2, -0.15) is 13.2 Å². The minimum atomic E-state index is -4.60. The number of rotatable bonds is 16. The number of hydrogen-bond donors (Lipinski definition) is 6. The maximum absolute atomic E-state index is 13.2. The average Bonchev–Trinajstić information content (AvgIpc) is 3.10. The van der Waals surface area contributed by atoms with Gasteiger partial charge in [-0.15, -0.1) is 6.58 Å². The molecule has 276 valence electrons. The highest BCUT2D eigenvalue weighted by Gasteiger charge is 2.31. The lowest BCUT2D eigenvalue weighted by Gasteiger charge is -2.16. The Morgan fingerprint density at radius 3 is 2.19 bits per heavy atom. The van der Waals surface area contributed by atoms with E-state index in [9.17, 15) is 32.3 Å². The van der Waals surface area contributed by atoms with Crippen molar-refractivity contribution in [2.24, 2.45) is 10.7 Å². The van der Waals surface area contributed by atoms with Crippen molar-refractivity contribution in [1.29, 1.82) is 0 Å². The van der Waals surface area contributed by atoms with Gasteiger partial charge in [-0.05, 0) is 101 Å². The number of aryl methyl sites for hydroxylation is 1. The zero-order valence-electron chi connectivity index (χ0n) is 29.3. The number of anilines is 3. The van der Waals surface area contributed by atoms with Gasteiger partial charge in [0.05, 0.1) is 17.5 Å². The number of amides is 4. The number of nitrogens with one attached hydrogen (secondary N) is 5. The molecule has 0 aliphatic carbocycles. The summed E-state index contributed by atoms with van der Waals surface area (Å²) in [5, 5.41) is 13.6. The fourth-order valence-electron chi connectivity index (χ4n) is 4.48. The van der Waals surface area contributed by atoms with Crippen molar-refractivity contribution in [1.82, 2.24) is 10.6 Å². The van der Waals surface area contributed by atoms with Gasteiger partial charge < -0.3 is 32.3 Å². The van der Waals surface area contributed by atoms with E-state index in [1.807, 2.05) is 6.92 Å². The molecule has 14 heteroatoms. The smallest absolute Gasteiger partial charge is 0.347 e. The molecule has 0 heterocycles. The standard InChI is InChI=1S/C35H38F3N7O4.C3H6/c1-4-26(20-40-23(3)42-27-11-8-12-28(18-27)45-34(49)31(41-21-46)13-5-6-16-39)43-33(48)30-19-29(15-14-22(30)2)44-32(47)24-9-7-10-25(17-24)35(36,37)38;1-3-2/h4,7-12,14-15,17-21,31,42H,3,5-6,13,16,39H2,1-2H3,(H,41,46)(H,43,48)(H,44,47)(H,45,49);3H,1H2,2H3/b26-4+,40-20-;. The Balaban J connectivity index is 0.00000301. The zero-order valence-corrected chi connectivity index (χ0v) is 29.3. The highest BCUT2D eigenvalue weighted by Crippen LogP contribution is 2.30. The molecule has 1 atom stereocenters. The number of halogens is 3. The van der Waals surface area contributed by atoms with Crippen LogP contribution in [-0.2, 0) is 15.8 Å². The summed E-state index contributed by atoms with van der Waals surface area (Å²) in [5.41, 5.74) is 6.77. The number of aliphatic imine (C=N–C) groups is 1. The minimum Gasteiger partial charge on any atom is -0.347 e. The van der Waals surface area contributed by atoms with E-state index in [4.69, 9.17) is 5.73 Å². The highest BCUT2D eigenvalue weighted by molar-refractivity contribution is 6.06. The van der Waals surface area contributed by atoms with Gasteiger partial charge in [-0.1, -0.05) is 36.9 Å². The number of carbonyl (C=O) groups excluding carboxylic acids is 4. The maximum atomic E-state index is 13.2. The van der Waals surface area contributed by atoms with Crippen LogP contribution in [-0.4, -0.2) is 42.9 Å². The number of benzene rings is 3. The van der Waals surface area contributed by atoms with Crippen molar-refractivity contribution in [3.63, 3.8) is 0 Å². The number of carbonyl (C=O) groups is 4. The van der Waals surface area contributed by atoms with Gasteiger partial charge in [0.2, 0.25) is 12.3 Å². The first-order valence-corrected chi connectivity index (χ1v) is 16.2. The van der Waals surface area contributed by atoms with Crippen LogP contribution >= 0.6 is 0 Å². The number of nitrogens with zero attached hydrogens (tertiary/aromatic N) is 1. The minimum absolute atomic E-state index is 0.186. The summed E-state index contributed by atoms with van der Waals surface area (Å²) in [4.78, 5) is 53.8. The van der Waals surface area contributed by atoms with Gasteiger partial charge in [0, 0.05) is 28.2 Å². The maximum Gasteiger partial charge on any atom is 0.416 e. The molecule has 3 aromatic carbocycles. The molecule has 52 heavy (non-hydrogen) atoms. The molecule has 0 spiro atoms. The Labute approximate surface area is 301 Å². The molecule has 0 aliphatic heterocycles. The van der Waals surface area contributed by atoms with Crippen molar-refractivity contribution in [2.75, 3.05) is 22.5 Å². The summed E-state index contributed by atoms with van der Waals surface area (Å²) in [5.74, 6) is -1.43. The Morgan fingerprint density at radius 1 is 0.904 bits per heavy atom. The van der Waals surface area contributed by atoms with Crippen molar-refractivity contribution >= 4 is 47.4 Å². The number of hydrogen-bond acceptors (Lipinski definition) is 7. The second-order valence-electron chi connectivity index (χ2n) is 11.2. The Kier molecular flexibility index (Phi) is 17.2. The Morgan fingerprint density at radius 2 is 1.56 bits per heavy atom. The lowest BCUT2D eigenvalue weighted by molar-refractivity contribution is -0.137. The average molecular weight is 720 g/mol. The lowest BCUT2D eigenvalue weighted by Crippen LogP contribution is -2.39. The second kappa shape index (κ2) is 21.3. The third-order valence-electron chi connectivity index (χ3n) is 7.07. The quantitative estimate of drug-likeness (QED) is 0.0407. The van der Waals surface area contributed by atoms with Gasteiger partial charge in [0.15, 0.2) is 0 Å². The van der Waals surface area contributed by atoms with Crippen LogP contribution in [0.2, 0.25) is 0 Å². The predicted octanol–water partition coefficient (Wildman–Crippen LogP) is 6.93. The van der Waals surface area contributed by atoms with Gasteiger partial charge in [0.25, 0.3) is 11.8 Å². The summed E-state index contributed by atoms with van der Waals surface area (Å²) >= 11 is 0. The van der Waals surface area contributed by atoms with E-state index < -0.39 is 29.6 Å². The molecule has 0 radical (unpaired) electrons. The van der Waals surface area contributed by atoms with Gasteiger partial charge >= 0.3 is 6.18 Å². The second-order valence-corrected chi connectivity index (χ2v) is 11.2. The topological polar surface area (TPSA) is 167 Å². The molecule has 0 saturated heterocycles. The molecular weight excluding hydrogens is 675 g/mol. The first-order chi connectivity index (χ1) is 24.8.